The number of hydrogen-bond acceptors (Lipinski definition) is 8. The molecule has 206 valence electrons. The van der Waals surface area contributed by atoms with Gasteiger partial charge in [-0.2, -0.15) is 17.0 Å². The number of nitrogens with zero attached hydrogens (tertiary/aromatic N) is 2. The largest absolute Gasteiger partial charge is 0.480 e. The van der Waals surface area contributed by atoms with E-state index in [1.807, 2.05) is 27.7 Å². The van der Waals surface area contributed by atoms with Crippen LogP contribution in [-0.4, -0.2) is 95.9 Å². The molecule has 0 radical (unpaired) electrons. The number of hydrogen-bond donors (Lipinski definition) is 3. The monoisotopic (exact) mass is 532 g/mol. The molecule has 3 saturated heterocycles. The van der Waals surface area contributed by atoms with Gasteiger partial charge in [-0.25, -0.2) is 4.79 Å². The summed E-state index contributed by atoms with van der Waals surface area (Å²) in [4.78, 5) is 24.0. The van der Waals surface area contributed by atoms with Crippen molar-refractivity contribution in [3.05, 3.63) is 0 Å². The first-order chi connectivity index (χ1) is 16.3. The topological polar surface area (TPSA) is 161 Å². The maximum absolute atomic E-state index is 13.2. The van der Waals surface area contributed by atoms with Crippen LogP contribution in [0, 0.1) is 5.92 Å². The molecule has 0 aromatic carbocycles. The minimum Gasteiger partial charge on any atom is -0.480 e. The third kappa shape index (κ3) is 5.99. The number of aliphatic carboxylic acids is 1. The number of ether oxygens (including phenoxy) is 1. The van der Waals surface area contributed by atoms with Gasteiger partial charge in [0.25, 0.3) is 10.2 Å². The van der Waals surface area contributed by atoms with E-state index in [-0.39, 0.29) is 32.2 Å². The van der Waals surface area contributed by atoms with E-state index in [1.165, 1.54) is 4.31 Å². The Labute approximate surface area is 214 Å². The lowest BCUT2D eigenvalue weighted by Gasteiger charge is -2.40. The summed E-state index contributed by atoms with van der Waals surface area (Å²) < 4.78 is 45.9. The second kappa shape index (κ2) is 9.70. The molecular formula is C22H41BN4O8S. The second-order valence-corrected chi connectivity index (χ2v) is 14.0. The average molecular weight is 532 g/mol. The molecule has 0 spiro atoms. The van der Waals surface area contributed by atoms with Gasteiger partial charge in [-0.3, -0.25) is 4.79 Å². The Morgan fingerprint density at radius 3 is 2.17 bits per heavy atom. The zero-order valence-corrected chi connectivity index (χ0v) is 23.2. The van der Waals surface area contributed by atoms with E-state index in [0.717, 1.165) is 4.31 Å². The first kappa shape index (κ1) is 29.1. The zero-order chi connectivity index (χ0) is 27.3. The van der Waals surface area contributed by atoms with E-state index < -0.39 is 57.7 Å². The molecule has 0 aliphatic carbocycles. The van der Waals surface area contributed by atoms with Crippen LogP contribution < -0.4 is 11.1 Å². The summed E-state index contributed by atoms with van der Waals surface area (Å²) in [6.45, 7) is 12.9. The van der Waals surface area contributed by atoms with Gasteiger partial charge in [0.2, 0.25) is 0 Å². The maximum Gasteiger partial charge on any atom is 0.457 e. The maximum atomic E-state index is 13.2. The lowest BCUT2D eigenvalue weighted by Crippen LogP contribution is -2.64. The first-order valence-electron chi connectivity index (χ1n) is 12.4. The fraction of sp³-hybridized carbons (Fsp3) is 0.909. The second-order valence-electron chi connectivity index (χ2n) is 12.1. The van der Waals surface area contributed by atoms with Crippen LogP contribution in [0.1, 0.15) is 61.3 Å². The number of amides is 1. The van der Waals surface area contributed by atoms with E-state index >= 15 is 0 Å². The Hall–Kier alpha value is -1.45. The number of carboxylic acids is 1. The van der Waals surface area contributed by atoms with Gasteiger partial charge < -0.3 is 30.2 Å². The number of carboxylic acid groups (broad SMARTS) is 1. The van der Waals surface area contributed by atoms with Crippen LogP contribution >= 0.6 is 0 Å². The fourth-order valence-electron chi connectivity index (χ4n) is 4.63. The van der Waals surface area contributed by atoms with Crippen LogP contribution in [0.25, 0.3) is 0 Å². The number of carbonyl (C=O) groups is 2. The molecule has 4 N–H and O–H groups in total. The van der Waals surface area contributed by atoms with Gasteiger partial charge in [-0.1, -0.05) is 6.42 Å². The predicted octanol–water partition coefficient (Wildman–Crippen LogP) is 1.03. The van der Waals surface area contributed by atoms with Crippen molar-refractivity contribution in [1.82, 2.24) is 13.9 Å². The van der Waals surface area contributed by atoms with Crippen LogP contribution in [0.3, 0.4) is 0 Å². The standard InChI is InChI=1S/C22H41BN4O8S/c1-19(2,3)33-18(30)25-16-12-26(13-16)36(31,32)27-11-15(22(24,14-27)17(28)29)9-8-10-23-34-20(4,5)21(6,7)35-23/h15-16H,8-14,24H2,1-7H3,(H,25,30)(H,28,29)/t15-,22-/m1/s1. The molecule has 0 aromatic heterocycles. The van der Waals surface area contributed by atoms with Crippen LogP contribution in [0.15, 0.2) is 0 Å². The minimum absolute atomic E-state index is 0.00909. The molecule has 0 saturated carbocycles. The summed E-state index contributed by atoms with van der Waals surface area (Å²) in [5.74, 6) is -1.79. The Balaban J connectivity index is 1.55. The van der Waals surface area contributed by atoms with Crippen LogP contribution in [0.4, 0.5) is 4.79 Å². The Morgan fingerprint density at radius 2 is 1.67 bits per heavy atom. The highest BCUT2D eigenvalue weighted by Gasteiger charge is 2.55. The summed E-state index contributed by atoms with van der Waals surface area (Å²) in [6, 6.07) is -0.380. The molecule has 0 bridgehead atoms. The number of rotatable bonds is 8. The van der Waals surface area contributed by atoms with E-state index in [2.05, 4.69) is 5.32 Å². The van der Waals surface area contributed by atoms with Crippen molar-refractivity contribution in [2.45, 2.75) is 96.0 Å². The smallest absolute Gasteiger partial charge is 0.457 e. The van der Waals surface area contributed by atoms with Crippen molar-refractivity contribution < 1.29 is 37.2 Å². The quantitative estimate of drug-likeness (QED) is 0.388. The van der Waals surface area contributed by atoms with E-state index in [0.29, 0.717) is 19.2 Å². The Kier molecular flexibility index (Phi) is 7.84. The van der Waals surface area contributed by atoms with Gasteiger partial charge in [0.05, 0.1) is 17.2 Å². The van der Waals surface area contributed by atoms with Gasteiger partial charge in [0, 0.05) is 32.1 Å². The van der Waals surface area contributed by atoms with Crippen LogP contribution in [0.2, 0.25) is 6.32 Å². The fourth-order valence-corrected chi connectivity index (χ4v) is 6.44. The lowest BCUT2D eigenvalue weighted by atomic mass is 9.78. The molecular weight excluding hydrogens is 491 g/mol. The van der Waals surface area contributed by atoms with Crippen LogP contribution in [-0.2, 0) is 29.0 Å². The third-order valence-corrected chi connectivity index (χ3v) is 9.39. The van der Waals surface area contributed by atoms with Crippen molar-refractivity contribution in [3.8, 4) is 0 Å². The van der Waals surface area contributed by atoms with Gasteiger partial charge in [-0.05, 0) is 61.2 Å². The zero-order valence-electron chi connectivity index (χ0n) is 22.4. The molecule has 1 amide bonds. The number of nitrogens with one attached hydrogen (secondary N) is 1. The van der Waals surface area contributed by atoms with E-state index in [4.69, 9.17) is 19.8 Å². The van der Waals surface area contributed by atoms with Gasteiger partial charge in [0.15, 0.2) is 0 Å². The predicted molar refractivity (Wildman–Crippen MR) is 133 cm³/mol. The molecule has 2 atom stereocenters. The molecule has 3 aliphatic rings. The Bertz CT molecular complexity index is 948. The molecule has 14 heteroatoms. The molecule has 36 heavy (non-hydrogen) atoms. The Morgan fingerprint density at radius 1 is 1.11 bits per heavy atom. The highest BCUT2D eigenvalue weighted by Crippen LogP contribution is 2.39. The molecule has 3 rings (SSSR count). The van der Waals surface area contributed by atoms with Crippen molar-refractivity contribution in [2.75, 3.05) is 26.2 Å². The summed E-state index contributed by atoms with van der Waals surface area (Å²) >= 11 is 0. The normalized spacial score (nSPS) is 29.2. The van der Waals surface area contributed by atoms with Gasteiger partial charge in [-0.15, -0.1) is 0 Å². The van der Waals surface area contributed by atoms with Crippen molar-refractivity contribution in [3.63, 3.8) is 0 Å². The molecule has 3 heterocycles. The highest BCUT2D eigenvalue weighted by atomic mass is 32.2. The molecule has 3 aliphatic heterocycles. The van der Waals surface area contributed by atoms with Crippen molar-refractivity contribution in [1.29, 1.82) is 0 Å². The average Bonchev–Trinajstić information content (AvgIpc) is 3.10. The van der Waals surface area contributed by atoms with Crippen molar-refractivity contribution in [2.24, 2.45) is 11.7 Å². The molecule has 0 unspecified atom stereocenters. The number of carbonyl (C=O) groups excluding carboxylic acids is 1. The lowest BCUT2D eigenvalue weighted by molar-refractivity contribution is -0.144. The molecule has 3 fully saturated rings. The van der Waals surface area contributed by atoms with Gasteiger partial charge in [0.1, 0.15) is 11.1 Å². The summed E-state index contributed by atoms with van der Waals surface area (Å²) in [5.41, 5.74) is 3.00. The van der Waals surface area contributed by atoms with E-state index in [1.54, 1.807) is 20.8 Å². The summed E-state index contributed by atoms with van der Waals surface area (Å²) in [6.07, 6.45) is 0.935. The number of alkyl carbamates (subject to hydrolysis) is 1. The number of nitrogens with two attached hydrogens (primary N) is 1. The van der Waals surface area contributed by atoms with Gasteiger partial charge >= 0.3 is 19.2 Å². The van der Waals surface area contributed by atoms with Crippen molar-refractivity contribution >= 4 is 29.4 Å². The van der Waals surface area contributed by atoms with E-state index in [9.17, 15) is 23.1 Å². The molecule has 0 aromatic rings. The first-order valence-corrected chi connectivity index (χ1v) is 13.8. The minimum atomic E-state index is -3.93. The SMILES string of the molecule is CC(C)(C)OC(=O)NC1CN(S(=O)(=O)N2C[C@@H](CCCB3OC(C)(C)C(C)(C)O3)[C@@](N)(C(=O)O)C2)C1. The highest BCUT2D eigenvalue weighted by molar-refractivity contribution is 7.86. The summed E-state index contributed by atoms with van der Waals surface area (Å²) in [5, 5.41) is 12.5. The third-order valence-electron chi connectivity index (χ3n) is 7.50. The summed E-state index contributed by atoms with van der Waals surface area (Å²) in [7, 11) is -4.35. The molecule has 12 nitrogen and oxygen atoms in total. The van der Waals surface area contributed by atoms with Crippen LogP contribution in [0.5, 0.6) is 0 Å².